The van der Waals surface area contributed by atoms with Crippen LogP contribution in [0.15, 0.2) is 53.4 Å². The molecule has 0 heterocycles. The summed E-state index contributed by atoms with van der Waals surface area (Å²) < 4.78 is 32.5. The molecule has 6 nitrogen and oxygen atoms in total. The van der Waals surface area contributed by atoms with E-state index in [-0.39, 0.29) is 10.8 Å². The van der Waals surface area contributed by atoms with Crippen molar-refractivity contribution in [2.45, 2.75) is 24.4 Å². The molecular weight excluding hydrogens is 376 g/mol. The van der Waals surface area contributed by atoms with Crippen LogP contribution in [0.4, 0.5) is 0 Å². The van der Waals surface area contributed by atoms with E-state index in [0.717, 1.165) is 5.56 Å². The lowest BCUT2D eigenvalue weighted by molar-refractivity contribution is -0.131. The zero-order valence-electron chi connectivity index (χ0n) is 14.8. The normalized spacial score (nSPS) is 12.5. The van der Waals surface area contributed by atoms with Crippen LogP contribution in [0.5, 0.6) is 5.75 Å². The summed E-state index contributed by atoms with van der Waals surface area (Å²) in [7, 11) is -0.649. The Kier molecular flexibility index (Phi) is 6.63. The first-order chi connectivity index (χ1) is 12.2. The second kappa shape index (κ2) is 8.53. The van der Waals surface area contributed by atoms with E-state index in [2.05, 4.69) is 4.72 Å². The number of nitrogens with one attached hydrogen (secondary N) is 1. The van der Waals surface area contributed by atoms with Crippen LogP contribution in [0.1, 0.15) is 12.5 Å². The Bertz CT molecular complexity index is 869. The van der Waals surface area contributed by atoms with Crippen LogP contribution in [-0.4, -0.2) is 39.4 Å². The maximum absolute atomic E-state index is 12.5. The van der Waals surface area contributed by atoms with E-state index < -0.39 is 16.1 Å². The highest BCUT2D eigenvalue weighted by molar-refractivity contribution is 7.89. The van der Waals surface area contributed by atoms with Gasteiger partial charge in [0.05, 0.1) is 18.0 Å². The Morgan fingerprint density at radius 3 is 2.42 bits per heavy atom. The molecule has 2 rings (SSSR count). The van der Waals surface area contributed by atoms with Gasteiger partial charge in [0.25, 0.3) is 0 Å². The first-order valence-electron chi connectivity index (χ1n) is 7.89. The van der Waals surface area contributed by atoms with Crippen LogP contribution >= 0.6 is 11.6 Å². The molecule has 8 heteroatoms. The lowest BCUT2D eigenvalue weighted by Gasteiger charge is -2.23. The highest BCUT2D eigenvalue weighted by atomic mass is 35.5. The van der Waals surface area contributed by atoms with Gasteiger partial charge in [-0.15, -0.1) is 0 Å². The van der Waals surface area contributed by atoms with Crippen molar-refractivity contribution in [3.05, 3.63) is 59.1 Å². The molecule has 0 aromatic heterocycles. The van der Waals surface area contributed by atoms with E-state index in [0.29, 0.717) is 17.3 Å². The fraction of sp³-hybridized carbons (Fsp3) is 0.278. The van der Waals surface area contributed by atoms with Gasteiger partial charge in [-0.05, 0) is 37.3 Å². The Labute approximate surface area is 158 Å². The van der Waals surface area contributed by atoms with Crippen LogP contribution < -0.4 is 9.46 Å². The molecule has 0 fully saturated rings. The van der Waals surface area contributed by atoms with Gasteiger partial charge < -0.3 is 9.64 Å². The summed E-state index contributed by atoms with van der Waals surface area (Å²) in [5.74, 6) is 0.315. The molecular formula is C18H21ClN2O4S. The van der Waals surface area contributed by atoms with Gasteiger partial charge in [-0.25, -0.2) is 8.42 Å². The first kappa shape index (κ1) is 20.2. The number of hydrogen-bond acceptors (Lipinski definition) is 4. The molecule has 0 saturated carbocycles. The molecule has 0 aliphatic carbocycles. The number of likely N-dealkylation sites (N-methyl/N-ethyl adjacent to an activating group) is 1. The van der Waals surface area contributed by atoms with Gasteiger partial charge in [0.15, 0.2) is 0 Å². The highest BCUT2D eigenvalue weighted by Crippen LogP contribution is 2.19. The number of halogens is 1. The van der Waals surface area contributed by atoms with Gasteiger partial charge >= 0.3 is 0 Å². The fourth-order valence-electron chi connectivity index (χ4n) is 2.46. The number of sulfonamides is 1. The fourth-order valence-corrected chi connectivity index (χ4v) is 3.79. The van der Waals surface area contributed by atoms with Crippen molar-refractivity contribution < 1.29 is 17.9 Å². The van der Waals surface area contributed by atoms with Crippen LogP contribution in [0, 0.1) is 0 Å². The van der Waals surface area contributed by atoms with E-state index >= 15 is 0 Å². The molecule has 1 atom stereocenters. The Balaban J connectivity index is 2.07. The van der Waals surface area contributed by atoms with E-state index in [4.69, 9.17) is 16.3 Å². The number of rotatable bonds is 7. The van der Waals surface area contributed by atoms with Gasteiger partial charge in [0, 0.05) is 24.2 Å². The molecule has 140 valence electrons. The minimum absolute atomic E-state index is 0.0499. The van der Waals surface area contributed by atoms with Crippen LogP contribution in [0.3, 0.4) is 0 Å². The predicted molar refractivity (Wildman–Crippen MR) is 101 cm³/mol. The minimum atomic E-state index is -3.82. The third-order valence-electron chi connectivity index (χ3n) is 3.80. The standard InChI is InChI=1S/C18H21ClN2O4S/c1-13(20-26(23,24)16-10-8-15(19)9-11-16)18(22)21(2)12-14-6-4-5-7-17(14)25-3/h4-11,13,20H,12H2,1-3H3/t13-/m0/s1. The molecule has 0 radical (unpaired) electrons. The first-order valence-corrected chi connectivity index (χ1v) is 9.75. The quantitative estimate of drug-likeness (QED) is 0.780. The van der Waals surface area contributed by atoms with Crippen LogP contribution in [-0.2, 0) is 21.4 Å². The monoisotopic (exact) mass is 396 g/mol. The van der Waals surface area contributed by atoms with E-state index in [1.54, 1.807) is 20.2 Å². The molecule has 0 aliphatic heterocycles. The zero-order valence-corrected chi connectivity index (χ0v) is 16.3. The smallest absolute Gasteiger partial charge is 0.241 e. The summed E-state index contributed by atoms with van der Waals surface area (Å²) in [5, 5.41) is 0.435. The van der Waals surface area contributed by atoms with E-state index in [9.17, 15) is 13.2 Å². The van der Waals surface area contributed by atoms with E-state index in [1.807, 2.05) is 18.2 Å². The average Bonchev–Trinajstić information content (AvgIpc) is 2.61. The summed E-state index contributed by atoms with van der Waals surface area (Å²) in [5.41, 5.74) is 0.832. The van der Waals surface area contributed by atoms with Crippen LogP contribution in [0.2, 0.25) is 5.02 Å². The minimum Gasteiger partial charge on any atom is -0.496 e. The number of nitrogens with zero attached hydrogens (tertiary/aromatic N) is 1. The topological polar surface area (TPSA) is 75.7 Å². The number of ether oxygens (including phenoxy) is 1. The Morgan fingerprint density at radius 2 is 1.81 bits per heavy atom. The summed E-state index contributed by atoms with van der Waals surface area (Å²) >= 11 is 5.77. The van der Waals surface area contributed by atoms with Crippen LogP contribution in [0.25, 0.3) is 0 Å². The molecule has 0 saturated heterocycles. The lowest BCUT2D eigenvalue weighted by atomic mass is 10.2. The maximum atomic E-state index is 12.5. The Morgan fingerprint density at radius 1 is 1.19 bits per heavy atom. The molecule has 0 bridgehead atoms. The average molecular weight is 397 g/mol. The number of benzene rings is 2. The molecule has 2 aromatic carbocycles. The second-order valence-corrected chi connectivity index (χ2v) is 7.95. The lowest BCUT2D eigenvalue weighted by Crippen LogP contribution is -2.45. The summed E-state index contributed by atoms with van der Waals surface area (Å²) in [6, 6.07) is 12.2. The second-order valence-electron chi connectivity index (χ2n) is 5.80. The number of amides is 1. The van der Waals surface area contributed by atoms with E-state index in [1.165, 1.54) is 36.1 Å². The molecule has 0 spiro atoms. The third kappa shape index (κ3) is 4.97. The van der Waals surface area contributed by atoms with Crippen molar-refractivity contribution in [3.63, 3.8) is 0 Å². The molecule has 26 heavy (non-hydrogen) atoms. The van der Waals surface area contributed by atoms with Crippen molar-refractivity contribution in [3.8, 4) is 5.75 Å². The predicted octanol–water partition coefficient (Wildman–Crippen LogP) is 2.67. The van der Waals surface area contributed by atoms with Crippen molar-refractivity contribution in [1.82, 2.24) is 9.62 Å². The number of carbonyl (C=O) groups excluding carboxylic acids is 1. The molecule has 0 aliphatic rings. The summed E-state index contributed by atoms with van der Waals surface area (Å²) in [6.07, 6.45) is 0. The van der Waals surface area contributed by atoms with Gasteiger partial charge in [-0.1, -0.05) is 29.8 Å². The van der Waals surface area contributed by atoms with Gasteiger partial charge in [0.2, 0.25) is 15.9 Å². The number of methoxy groups -OCH3 is 1. The zero-order chi connectivity index (χ0) is 19.3. The SMILES string of the molecule is COc1ccccc1CN(C)C(=O)[C@H](C)NS(=O)(=O)c1ccc(Cl)cc1. The largest absolute Gasteiger partial charge is 0.496 e. The summed E-state index contributed by atoms with van der Waals surface area (Å²) in [6.45, 7) is 1.81. The van der Waals surface area contributed by atoms with Gasteiger partial charge in [0.1, 0.15) is 5.75 Å². The molecule has 0 unspecified atom stereocenters. The molecule has 1 N–H and O–H groups in total. The Hall–Kier alpha value is -2.09. The highest BCUT2D eigenvalue weighted by Gasteiger charge is 2.24. The van der Waals surface area contributed by atoms with Crippen molar-refractivity contribution in [2.24, 2.45) is 0 Å². The van der Waals surface area contributed by atoms with Gasteiger partial charge in [-0.2, -0.15) is 4.72 Å². The number of carbonyl (C=O) groups is 1. The number of hydrogen-bond donors (Lipinski definition) is 1. The van der Waals surface area contributed by atoms with Crippen molar-refractivity contribution >= 4 is 27.5 Å². The van der Waals surface area contributed by atoms with Gasteiger partial charge in [-0.3, -0.25) is 4.79 Å². The third-order valence-corrected chi connectivity index (χ3v) is 5.61. The van der Waals surface area contributed by atoms with Crippen molar-refractivity contribution in [1.29, 1.82) is 0 Å². The number of para-hydroxylation sites is 1. The van der Waals surface area contributed by atoms with Crippen molar-refractivity contribution in [2.75, 3.05) is 14.2 Å². The summed E-state index contributed by atoms with van der Waals surface area (Å²) in [4.78, 5) is 14.0. The maximum Gasteiger partial charge on any atom is 0.241 e. The molecule has 2 aromatic rings. The molecule has 1 amide bonds.